The summed E-state index contributed by atoms with van der Waals surface area (Å²) in [7, 11) is 0. The zero-order valence-corrected chi connectivity index (χ0v) is 17.4. The van der Waals surface area contributed by atoms with Gasteiger partial charge in [-0.05, 0) is 86.0 Å². The highest BCUT2D eigenvalue weighted by atomic mass is 35.5. The largest absolute Gasteiger partial charge is 0.389 e. The Hall–Kier alpha value is -0.600. The van der Waals surface area contributed by atoms with E-state index in [-0.39, 0.29) is 22.3 Å². The molecule has 0 amide bonds. The summed E-state index contributed by atoms with van der Waals surface area (Å²) in [4.78, 5) is 12.7. The maximum absolute atomic E-state index is 12.7. The molecule has 3 heteroatoms. The van der Waals surface area contributed by atoms with Crippen molar-refractivity contribution in [2.45, 2.75) is 78.7 Å². The van der Waals surface area contributed by atoms with Crippen molar-refractivity contribution in [2.24, 2.45) is 34.0 Å². The molecule has 26 heavy (non-hydrogen) atoms. The van der Waals surface area contributed by atoms with Gasteiger partial charge in [-0.15, -0.1) is 0 Å². The maximum atomic E-state index is 12.7. The van der Waals surface area contributed by atoms with E-state index in [0.717, 1.165) is 50.0 Å². The third-order valence-electron chi connectivity index (χ3n) is 9.32. The van der Waals surface area contributed by atoms with Gasteiger partial charge in [0.15, 0.2) is 0 Å². The predicted octanol–water partition coefficient (Wildman–Crippen LogP) is 5.64. The molecule has 0 heterocycles. The normalized spacial score (nSPS) is 50.2. The molecule has 2 nitrogen and oxygen atoms in total. The molecule has 4 aliphatic carbocycles. The zero-order valence-electron chi connectivity index (χ0n) is 16.6. The van der Waals surface area contributed by atoms with Crippen LogP contribution < -0.4 is 0 Å². The summed E-state index contributed by atoms with van der Waals surface area (Å²) in [5.74, 6) is 1.99. The van der Waals surface area contributed by atoms with E-state index in [1.54, 1.807) is 0 Å². The van der Waals surface area contributed by atoms with Crippen LogP contribution in [0, 0.1) is 34.0 Å². The molecule has 0 aromatic carbocycles. The molecule has 0 aromatic heterocycles. The highest BCUT2D eigenvalue weighted by Crippen LogP contribution is 2.70. The number of rotatable bonds is 2. The average Bonchev–Trinajstić information content (AvgIpc) is 2.90. The first-order valence-electron chi connectivity index (χ1n) is 10.5. The summed E-state index contributed by atoms with van der Waals surface area (Å²) in [6.07, 6.45) is 11.2. The molecular formula is C23H33ClO2. The summed E-state index contributed by atoms with van der Waals surface area (Å²) in [5.41, 5.74) is 1.19. The molecule has 4 aliphatic rings. The van der Waals surface area contributed by atoms with Crippen molar-refractivity contribution in [3.63, 3.8) is 0 Å². The Labute approximate surface area is 163 Å². The van der Waals surface area contributed by atoms with E-state index in [0.29, 0.717) is 23.5 Å². The van der Waals surface area contributed by atoms with Gasteiger partial charge < -0.3 is 5.11 Å². The minimum Gasteiger partial charge on any atom is -0.389 e. The lowest BCUT2D eigenvalue weighted by molar-refractivity contribution is -0.139. The van der Waals surface area contributed by atoms with Crippen LogP contribution >= 0.6 is 11.6 Å². The summed E-state index contributed by atoms with van der Waals surface area (Å²) < 4.78 is 0. The lowest BCUT2D eigenvalue weighted by Gasteiger charge is -2.58. The van der Waals surface area contributed by atoms with Crippen molar-refractivity contribution in [3.8, 4) is 0 Å². The quantitative estimate of drug-likeness (QED) is 0.677. The third-order valence-corrected chi connectivity index (χ3v) is 9.65. The van der Waals surface area contributed by atoms with Crippen LogP contribution in [0.3, 0.4) is 0 Å². The molecule has 1 N–H and O–H groups in total. The summed E-state index contributed by atoms with van der Waals surface area (Å²) in [6, 6.07) is 0. The minimum absolute atomic E-state index is 0.0742. The molecule has 4 rings (SSSR count). The van der Waals surface area contributed by atoms with E-state index in [9.17, 15) is 9.90 Å². The number of carbonyl (C=O) groups excluding carboxylic acids is 1. The highest BCUT2D eigenvalue weighted by Gasteiger charge is 2.64. The van der Waals surface area contributed by atoms with Crippen LogP contribution in [-0.4, -0.2) is 17.0 Å². The number of hydrogen-bond acceptors (Lipinski definition) is 2. The van der Waals surface area contributed by atoms with Crippen molar-refractivity contribution in [3.05, 3.63) is 22.8 Å². The molecule has 0 bridgehead atoms. The molecular weight excluding hydrogens is 344 g/mol. The van der Waals surface area contributed by atoms with E-state index in [4.69, 9.17) is 11.6 Å². The Morgan fingerprint density at radius 1 is 1.15 bits per heavy atom. The van der Waals surface area contributed by atoms with E-state index >= 15 is 0 Å². The number of halogens is 1. The Balaban J connectivity index is 1.79. The fraction of sp³-hybridized carbons (Fsp3) is 0.783. The Bertz CT molecular complexity index is 694. The number of Topliss-reactive ketones (excluding diaryl/α,β-unsaturated/α-hetero) is 1. The van der Waals surface area contributed by atoms with Crippen LogP contribution in [0.1, 0.15) is 72.6 Å². The lowest BCUT2D eigenvalue weighted by Crippen LogP contribution is -2.53. The van der Waals surface area contributed by atoms with Gasteiger partial charge in [0.05, 0.1) is 6.10 Å². The van der Waals surface area contributed by atoms with Gasteiger partial charge in [0, 0.05) is 10.4 Å². The minimum atomic E-state index is -0.359. The van der Waals surface area contributed by atoms with E-state index in [1.807, 2.05) is 13.0 Å². The Morgan fingerprint density at radius 2 is 1.85 bits per heavy atom. The molecule has 7 unspecified atom stereocenters. The molecule has 0 aliphatic heterocycles. The van der Waals surface area contributed by atoms with Gasteiger partial charge >= 0.3 is 0 Å². The monoisotopic (exact) mass is 376 g/mol. The molecule has 2 fully saturated rings. The van der Waals surface area contributed by atoms with Crippen LogP contribution in [0.4, 0.5) is 0 Å². The number of hydrogen-bond donors (Lipinski definition) is 1. The zero-order chi connectivity index (χ0) is 18.9. The summed E-state index contributed by atoms with van der Waals surface area (Å²) in [5, 5.41) is 11.0. The summed E-state index contributed by atoms with van der Waals surface area (Å²) >= 11 is 6.78. The van der Waals surface area contributed by atoms with Crippen molar-refractivity contribution >= 4 is 17.4 Å². The predicted molar refractivity (Wildman–Crippen MR) is 106 cm³/mol. The number of aliphatic hydroxyl groups excluding tert-OH is 1. The number of carbonyl (C=O) groups is 1. The fourth-order valence-corrected chi connectivity index (χ4v) is 8.18. The fourth-order valence-electron chi connectivity index (χ4n) is 7.76. The van der Waals surface area contributed by atoms with Crippen LogP contribution in [-0.2, 0) is 4.79 Å². The van der Waals surface area contributed by atoms with E-state index in [2.05, 4.69) is 26.8 Å². The number of ketones is 1. The Morgan fingerprint density at radius 3 is 2.50 bits per heavy atom. The molecule has 0 saturated heterocycles. The standard InChI is InChI=1S/C23H33ClO2/c1-5-23(14(2)25)11-8-18-16-13-20(24)19-12-15(26)6-9-21(19,3)17(16)7-10-22(18,23)4/h12-13,15-18,26H,5-11H2,1-4H3. The van der Waals surface area contributed by atoms with Gasteiger partial charge in [0.1, 0.15) is 5.78 Å². The van der Waals surface area contributed by atoms with Crippen molar-refractivity contribution in [1.82, 2.24) is 0 Å². The number of fused-ring (bicyclic) bond motifs is 5. The lowest BCUT2D eigenvalue weighted by atomic mass is 9.46. The van der Waals surface area contributed by atoms with Gasteiger partial charge in [-0.1, -0.05) is 44.5 Å². The Kier molecular flexibility index (Phi) is 4.29. The van der Waals surface area contributed by atoms with Crippen molar-refractivity contribution in [1.29, 1.82) is 0 Å². The number of aliphatic hydroxyl groups is 1. The second kappa shape index (κ2) is 5.95. The third kappa shape index (κ3) is 2.18. The van der Waals surface area contributed by atoms with Crippen LogP contribution in [0.5, 0.6) is 0 Å². The van der Waals surface area contributed by atoms with Crippen LogP contribution in [0.15, 0.2) is 22.8 Å². The SMILES string of the molecule is CCC1(C(C)=O)CCC2C3C=C(Cl)C4=CC(O)CCC4(C)C3CCC21C. The molecule has 144 valence electrons. The molecule has 0 spiro atoms. The van der Waals surface area contributed by atoms with Gasteiger partial charge in [-0.25, -0.2) is 0 Å². The van der Waals surface area contributed by atoms with E-state index < -0.39 is 0 Å². The van der Waals surface area contributed by atoms with Crippen LogP contribution in [0.2, 0.25) is 0 Å². The second-order valence-corrected chi connectivity index (χ2v) is 10.3. The molecule has 2 saturated carbocycles. The average molecular weight is 377 g/mol. The van der Waals surface area contributed by atoms with Crippen molar-refractivity contribution < 1.29 is 9.90 Å². The van der Waals surface area contributed by atoms with Crippen LogP contribution in [0.25, 0.3) is 0 Å². The van der Waals surface area contributed by atoms with E-state index in [1.165, 1.54) is 5.57 Å². The van der Waals surface area contributed by atoms with Gasteiger partial charge in [-0.3, -0.25) is 4.79 Å². The topological polar surface area (TPSA) is 37.3 Å². The first-order valence-corrected chi connectivity index (χ1v) is 10.9. The highest BCUT2D eigenvalue weighted by molar-refractivity contribution is 6.32. The smallest absolute Gasteiger partial charge is 0.136 e. The maximum Gasteiger partial charge on any atom is 0.136 e. The first kappa shape index (κ1) is 18.7. The summed E-state index contributed by atoms with van der Waals surface area (Å²) in [6.45, 7) is 8.78. The molecule has 7 atom stereocenters. The molecule has 0 radical (unpaired) electrons. The molecule has 0 aromatic rings. The van der Waals surface area contributed by atoms with Gasteiger partial charge in [0.2, 0.25) is 0 Å². The number of allylic oxidation sites excluding steroid dienone is 3. The van der Waals surface area contributed by atoms with Gasteiger partial charge in [0.25, 0.3) is 0 Å². The second-order valence-electron chi connectivity index (χ2n) is 9.90. The first-order chi connectivity index (χ1) is 12.2. The van der Waals surface area contributed by atoms with Gasteiger partial charge in [-0.2, -0.15) is 0 Å². The van der Waals surface area contributed by atoms with Crippen molar-refractivity contribution in [2.75, 3.05) is 0 Å².